The third-order valence-corrected chi connectivity index (χ3v) is 6.35. The first-order chi connectivity index (χ1) is 20.4. The number of methoxy groups -OCH3 is 4. The van der Waals surface area contributed by atoms with Crippen molar-refractivity contribution >= 4 is 23.7 Å². The Bertz CT molecular complexity index is 1530. The maximum atomic E-state index is 13.9. The molecule has 0 radical (unpaired) electrons. The van der Waals surface area contributed by atoms with Crippen LogP contribution in [0.1, 0.15) is 31.8 Å². The Kier molecular flexibility index (Phi) is 9.73. The van der Waals surface area contributed by atoms with E-state index < -0.39 is 5.91 Å². The first kappa shape index (κ1) is 29.6. The summed E-state index contributed by atoms with van der Waals surface area (Å²) in [5.74, 6) is 0.741. The van der Waals surface area contributed by atoms with Crippen molar-refractivity contribution in [2.45, 2.75) is 6.54 Å². The van der Waals surface area contributed by atoms with Gasteiger partial charge in [0.25, 0.3) is 11.8 Å². The number of halogens is 1. The van der Waals surface area contributed by atoms with Gasteiger partial charge in [0.05, 0.1) is 46.9 Å². The monoisotopic (exact) mass is 571 g/mol. The van der Waals surface area contributed by atoms with Crippen LogP contribution in [0.25, 0.3) is 0 Å². The molecule has 10 heteroatoms. The summed E-state index contributed by atoms with van der Waals surface area (Å²) in [7, 11) is 6.10. The fourth-order valence-corrected chi connectivity index (χ4v) is 4.12. The first-order valence-electron chi connectivity index (χ1n) is 12.8. The fourth-order valence-electron chi connectivity index (χ4n) is 4.12. The van der Waals surface area contributed by atoms with Crippen molar-refractivity contribution in [3.05, 3.63) is 113 Å². The quantitative estimate of drug-likeness (QED) is 0.189. The summed E-state index contributed by atoms with van der Waals surface area (Å²) in [6.07, 6.45) is 1.41. The summed E-state index contributed by atoms with van der Waals surface area (Å²) in [6.45, 7) is 0.224. The Hall–Kier alpha value is -5.38. The van der Waals surface area contributed by atoms with E-state index in [0.29, 0.717) is 45.4 Å². The minimum Gasteiger partial charge on any atom is -0.497 e. The van der Waals surface area contributed by atoms with E-state index in [-0.39, 0.29) is 18.3 Å². The van der Waals surface area contributed by atoms with Crippen LogP contribution < -0.4 is 29.3 Å². The molecular formula is C32H30FN3O6. The number of anilines is 1. The highest BCUT2D eigenvalue weighted by atomic mass is 19.1. The van der Waals surface area contributed by atoms with Crippen molar-refractivity contribution in [2.75, 3.05) is 33.3 Å². The molecule has 0 fully saturated rings. The number of hydrogen-bond acceptors (Lipinski definition) is 7. The molecule has 216 valence electrons. The number of nitrogens with zero attached hydrogens (tertiary/aromatic N) is 2. The fraction of sp³-hybridized carbons (Fsp3) is 0.156. The molecule has 2 amide bonds. The number of rotatable bonds is 11. The third kappa shape index (κ3) is 7.03. The summed E-state index contributed by atoms with van der Waals surface area (Å²) in [5.41, 5.74) is 5.08. The molecular weight excluding hydrogens is 541 g/mol. The molecule has 0 unspecified atom stereocenters. The highest BCUT2D eigenvalue weighted by Gasteiger charge is 2.23. The molecule has 9 nitrogen and oxygen atoms in total. The lowest BCUT2D eigenvalue weighted by Gasteiger charge is -2.25. The molecule has 4 aromatic carbocycles. The number of hydrogen-bond donors (Lipinski definition) is 1. The smallest absolute Gasteiger partial charge is 0.271 e. The second-order valence-corrected chi connectivity index (χ2v) is 8.95. The summed E-state index contributed by atoms with van der Waals surface area (Å²) in [5, 5.41) is 3.91. The van der Waals surface area contributed by atoms with Gasteiger partial charge in [-0.05, 0) is 59.7 Å². The minimum absolute atomic E-state index is 0.224. The molecule has 0 bridgehead atoms. The number of hydrazone groups is 1. The number of ether oxygens (including phenoxy) is 4. The van der Waals surface area contributed by atoms with E-state index in [9.17, 15) is 14.0 Å². The van der Waals surface area contributed by atoms with Crippen LogP contribution in [-0.2, 0) is 6.54 Å². The SMILES string of the molecule is COc1ccc(CN(C(=O)c2ccc(C(=O)N/N=C/c3ccc(F)cc3)cc2)c2cc(OC)c(OC)c(OC)c2)cc1. The molecule has 0 aromatic heterocycles. The van der Waals surface area contributed by atoms with Gasteiger partial charge in [-0.3, -0.25) is 9.59 Å². The largest absolute Gasteiger partial charge is 0.497 e. The predicted molar refractivity (Wildman–Crippen MR) is 158 cm³/mol. The molecule has 0 saturated heterocycles. The molecule has 0 aliphatic carbocycles. The molecule has 0 heterocycles. The van der Waals surface area contributed by atoms with Crippen LogP contribution in [-0.4, -0.2) is 46.5 Å². The minimum atomic E-state index is -0.466. The number of nitrogens with one attached hydrogen (secondary N) is 1. The lowest BCUT2D eigenvalue weighted by atomic mass is 10.1. The van der Waals surface area contributed by atoms with Gasteiger partial charge in [0.1, 0.15) is 11.6 Å². The normalized spacial score (nSPS) is 10.7. The molecule has 4 aromatic rings. The van der Waals surface area contributed by atoms with Gasteiger partial charge in [-0.2, -0.15) is 5.10 Å². The Morgan fingerprint density at radius 1 is 0.786 bits per heavy atom. The molecule has 0 atom stereocenters. The average Bonchev–Trinajstić information content (AvgIpc) is 3.03. The maximum absolute atomic E-state index is 13.9. The molecule has 42 heavy (non-hydrogen) atoms. The van der Waals surface area contributed by atoms with Crippen LogP contribution in [0.4, 0.5) is 10.1 Å². The Morgan fingerprint density at radius 2 is 1.38 bits per heavy atom. The second-order valence-electron chi connectivity index (χ2n) is 8.95. The highest BCUT2D eigenvalue weighted by Crippen LogP contribution is 2.41. The molecule has 0 aliphatic heterocycles. The van der Waals surface area contributed by atoms with Gasteiger partial charge >= 0.3 is 0 Å². The van der Waals surface area contributed by atoms with Gasteiger partial charge in [-0.15, -0.1) is 0 Å². The lowest BCUT2D eigenvalue weighted by molar-refractivity contribution is 0.0951. The van der Waals surface area contributed by atoms with Crippen molar-refractivity contribution in [3.8, 4) is 23.0 Å². The van der Waals surface area contributed by atoms with Crippen molar-refractivity contribution < 1.29 is 32.9 Å². The Balaban J connectivity index is 1.60. The predicted octanol–water partition coefficient (Wildman–Crippen LogP) is 5.47. The summed E-state index contributed by atoms with van der Waals surface area (Å²) in [4.78, 5) is 28.1. The molecule has 0 saturated carbocycles. The number of carbonyl (C=O) groups is 2. The molecule has 0 aliphatic rings. The summed E-state index contributed by atoms with van der Waals surface area (Å²) in [6, 6.07) is 22.7. The maximum Gasteiger partial charge on any atom is 0.271 e. The Morgan fingerprint density at radius 3 is 1.93 bits per heavy atom. The van der Waals surface area contributed by atoms with Crippen LogP contribution in [0.2, 0.25) is 0 Å². The number of benzene rings is 4. The van der Waals surface area contributed by atoms with E-state index in [1.165, 1.54) is 63.9 Å². The van der Waals surface area contributed by atoms with Gasteiger partial charge in [-0.25, -0.2) is 9.82 Å². The zero-order valence-electron chi connectivity index (χ0n) is 23.6. The molecule has 1 N–H and O–H groups in total. The van der Waals surface area contributed by atoms with Gasteiger partial charge in [0, 0.05) is 23.3 Å². The van der Waals surface area contributed by atoms with E-state index in [1.54, 1.807) is 36.3 Å². The van der Waals surface area contributed by atoms with Crippen LogP contribution in [0.3, 0.4) is 0 Å². The standard InChI is InChI=1S/C32H30FN3O6/c1-39-27-15-7-22(8-16-27)20-36(26-17-28(40-2)30(42-4)29(18-26)41-3)32(38)24-11-9-23(10-12-24)31(37)35-34-19-21-5-13-25(33)14-6-21/h5-19H,20H2,1-4H3,(H,35,37)/b34-19+. The van der Waals surface area contributed by atoms with Gasteiger partial charge in [0.15, 0.2) is 11.5 Å². The summed E-state index contributed by atoms with van der Waals surface area (Å²) >= 11 is 0. The number of carbonyl (C=O) groups excluding carboxylic acids is 2. The third-order valence-electron chi connectivity index (χ3n) is 6.35. The van der Waals surface area contributed by atoms with Crippen molar-refractivity contribution in [3.63, 3.8) is 0 Å². The Labute approximate surface area is 243 Å². The first-order valence-corrected chi connectivity index (χ1v) is 12.8. The highest BCUT2D eigenvalue weighted by molar-refractivity contribution is 6.07. The zero-order valence-corrected chi connectivity index (χ0v) is 23.6. The van der Waals surface area contributed by atoms with E-state index >= 15 is 0 Å². The van der Waals surface area contributed by atoms with Gasteiger partial charge in [-0.1, -0.05) is 24.3 Å². The van der Waals surface area contributed by atoms with E-state index in [4.69, 9.17) is 18.9 Å². The van der Waals surface area contributed by atoms with Gasteiger partial charge in [0.2, 0.25) is 5.75 Å². The molecule has 0 spiro atoms. The van der Waals surface area contributed by atoms with Crippen LogP contribution in [0.15, 0.2) is 90.0 Å². The summed E-state index contributed by atoms with van der Waals surface area (Å²) < 4.78 is 34.8. The lowest BCUT2D eigenvalue weighted by Crippen LogP contribution is -2.30. The van der Waals surface area contributed by atoms with Gasteiger partial charge < -0.3 is 23.8 Å². The van der Waals surface area contributed by atoms with E-state index in [2.05, 4.69) is 10.5 Å². The topological polar surface area (TPSA) is 98.7 Å². The van der Waals surface area contributed by atoms with Crippen molar-refractivity contribution in [1.29, 1.82) is 0 Å². The molecule has 4 rings (SSSR count). The van der Waals surface area contributed by atoms with E-state index in [0.717, 1.165) is 5.56 Å². The van der Waals surface area contributed by atoms with E-state index in [1.807, 2.05) is 24.3 Å². The average molecular weight is 572 g/mol. The number of amides is 2. The van der Waals surface area contributed by atoms with Crippen LogP contribution >= 0.6 is 0 Å². The van der Waals surface area contributed by atoms with Crippen LogP contribution in [0.5, 0.6) is 23.0 Å². The second kappa shape index (κ2) is 13.8. The van der Waals surface area contributed by atoms with Crippen molar-refractivity contribution in [1.82, 2.24) is 5.43 Å². The van der Waals surface area contributed by atoms with Crippen LogP contribution in [0, 0.1) is 5.82 Å². The van der Waals surface area contributed by atoms with Crippen molar-refractivity contribution in [2.24, 2.45) is 5.10 Å². The zero-order chi connectivity index (χ0) is 30.1.